The van der Waals surface area contributed by atoms with Gasteiger partial charge in [0, 0.05) is 17.1 Å². The summed E-state index contributed by atoms with van der Waals surface area (Å²) >= 11 is 0. The van der Waals surface area contributed by atoms with E-state index in [2.05, 4.69) is 33.7 Å². The number of hydrogen-bond donors (Lipinski definition) is 3. The van der Waals surface area contributed by atoms with Gasteiger partial charge >= 0.3 is 0 Å². The molecule has 0 amide bonds. The number of anilines is 1. The van der Waals surface area contributed by atoms with Gasteiger partial charge in [0.1, 0.15) is 0 Å². The third-order valence-electron chi connectivity index (χ3n) is 4.04. The second-order valence-electron chi connectivity index (χ2n) is 5.17. The fourth-order valence-corrected chi connectivity index (χ4v) is 2.97. The van der Waals surface area contributed by atoms with E-state index in [1.54, 1.807) is 0 Å². The maximum atomic E-state index is 5.88. The predicted molar refractivity (Wildman–Crippen MR) is 74.5 cm³/mol. The number of benzene rings is 1. The van der Waals surface area contributed by atoms with Crippen molar-refractivity contribution in [2.24, 2.45) is 11.7 Å². The molecular weight excluding hydrogens is 224 g/mol. The minimum atomic E-state index is 0.504. The van der Waals surface area contributed by atoms with E-state index in [-0.39, 0.29) is 0 Å². The number of hydrogen-bond acceptors (Lipinski definition) is 3. The van der Waals surface area contributed by atoms with Gasteiger partial charge in [0.2, 0.25) is 0 Å². The predicted octanol–water partition coefficient (Wildman–Crippen LogP) is 2.49. The molecule has 4 nitrogen and oxygen atoms in total. The Morgan fingerprint density at radius 2 is 2.22 bits per heavy atom. The van der Waals surface area contributed by atoms with Crippen LogP contribution in [-0.4, -0.2) is 22.8 Å². The summed E-state index contributed by atoms with van der Waals surface area (Å²) in [5, 5.41) is 11.9. The first-order valence-electron chi connectivity index (χ1n) is 6.77. The summed E-state index contributed by atoms with van der Waals surface area (Å²) in [6, 6.07) is 6.74. The first-order valence-corrected chi connectivity index (χ1v) is 6.77. The lowest BCUT2D eigenvalue weighted by molar-refractivity contribution is 0.333. The van der Waals surface area contributed by atoms with Crippen molar-refractivity contribution >= 4 is 16.6 Å². The lowest BCUT2D eigenvalue weighted by atomic mass is 9.84. The second kappa shape index (κ2) is 4.98. The Hall–Kier alpha value is -1.55. The zero-order chi connectivity index (χ0) is 12.4. The van der Waals surface area contributed by atoms with Crippen molar-refractivity contribution in [1.29, 1.82) is 0 Å². The van der Waals surface area contributed by atoms with Crippen LogP contribution in [0.15, 0.2) is 24.4 Å². The van der Waals surface area contributed by atoms with Crippen LogP contribution >= 0.6 is 0 Å². The van der Waals surface area contributed by atoms with Gasteiger partial charge in [-0.05, 0) is 37.4 Å². The number of rotatable bonds is 3. The third kappa shape index (κ3) is 2.08. The first kappa shape index (κ1) is 11.5. The first-order chi connectivity index (χ1) is 8.88. The zero-order valence-corrected chi connectivity index (χ0v) is 10.5. The van der Waals surface area contributed by atoms with E-state index in [0.717, 1.165) is 12.1 Å². The molecule has 1 saturated carbocycles. The number of nitrogens with zero attached hydrogens (tertiary/aromatic N) is 1. The molecule has 1 heterocycles. The monoisotopic (exact) mass is 244 g/mol. The van der Waals surface area contributed by atoms with Crippen LogP contribution in [0.25, 0.3) is 10.9 Å². The van der Waals surface area contributed by atoms with E-state index in [9.17, 15) is 0 Å². The van der Waals surface area contributed by atoms with Gasteiger partial charge < -0.3 is 11.1 Å². The average molecular weight is 244 g/mol. The molecule has 4 heteroatoms. The largest absolute Gasteiger partial charge is 0.381 e. The summed E-state index contributed by atoms with van der Waals surface area (Å²) in [4.78, 5) is 0. The van der Waals surface area contributed by atoms with Gasteiger partial charge in [-0.15, -0.1) is 0 Å². The molecule has 1 fully saturated rings. The SMILES string of the molecule is NCC1CCCCC1Nc1cccc2[nH]ncc12. The van der Waals surface area contributed by atoms with Crippen LogP contribution in [0.3, 0.4) is 0 Å². The zero-order valence-electron chi connectivity index (χ0n) is 10.5. The lowest BCUT2D eigenvalue weighted by Gasteiger charge is -2.32. The summed E-state index contributed by atoms with van der Waals surface area (Å²) in [6.07, 6.45) is 6.97. The molecule has 2 unspecified atom stereocenters. The Morgan fingerprint density at radius 3 is 3.11 bits per heavy atom. The summed E-state index contributed by atoms with van der Waals surface area (Å²) in [5.74, 6) is 0.598. The summed E-state index contributed by atoms with van der Waals surface area (Å²) in [5.41, 5.74) is 8.14. The van der Waals surface area contributed by atoms with Gasteiger partial charge in [-0.3, -0.25) is 5.10 Å². The van der Waals surface area contributed by atoms with Crippen molar-refractivity contribution in [3.05, 3.63) is 24.4 Å². The molecule has 0 bridgehead atoms. The quantitative estimate of drug-likeness (QED) is 0.777. The maximum absolute atomic E-state index is 5.88. The smallest absolute Gasteiger partial charge is 0.0671 e. The molecular formula is C14H20N4. The Morgan fingerprint density at radius 1 is 1.33 bits per heavy atom. The number of nitrogens with two attached hydrogens (primary N) is 1. The van der Waals surface area contributed by atoms with E-state index in [1.165, 1.54) is 36.8 Å². The van der Waals surface area contributed by atoms with Crippen LogP contribution in [0, 0.1) is 5.92 Å². The molecule has 0 radical (unpaired) electrons. The Bertz CT molecular complexity index is 519. The normalized spacial score (nSPS) is 24.3. The highest BCUT2D eigenvalue weighted by Gasteiger charge is 2.24. The van der Waals surface area contributed by atoms with Crippen molar-refractivity contribution in [2.75, 3.05) is 11.9 Å². The number of H-pyrrole nitrogens is 1. The fraction of sp³-hybridized carbons (Fsp3) is 0.500. The molecule has 1 aliphatic carbocycles. The summed E-state index contributed by atoms with van der Waals surface area (Å²) in [6.45, 7) is 0.777. The van der Waals surface area contributed by atoms with E-state index < -0.39 is 0 Å². The standard InChI is InChI=1S/C14H20N4/c15-8-10-4-1-2-5-12(10)17-13-6-3-7-14-11(13)9-16-18-14/h3,6-7,9-10,12,17H,1-2,4-5,8,15H2,(H,16,18). The summed E-state index contributed by atoms with van der Waals surface area (Å²) < 4.78 is 0. The highest BCUT2D eigenvalue weighted by molar-refractivity contribution is 5.90. The van der Waals surface area contributed by atoms with E-state index >= 15 is 0 Å². The molecule has 4 N–H and O–H groups in total. The van der Waals surface area contributed by atoms with E-state index in [1.807, 2.05) is 6.20 Å². The summed E-state index contributed by atoms with van der Waals surface area (Å²) in [7, 11) is 0. The Labute approximate surface area is 107 Å². The van der Waals surface area contributed by atoms with Crippen LogP contribution in [-0.2, 0) is 0 Å². The average Bonchev–Trinajstić information content (AvgIpc) is 2.89. The van der Waals surface area contributed by atoms with Gasteiger partial charge in [-0.1, -0.05) is 18.9 Å². The van der Waals surface area contributed by atoms with Gasteiger partial charge in [-0.25, -0.2) is 0 Å². The van der Waals surface area contributed by atoms with Crippen LogP contribution in [0.2, 0.25) is 0 Å². The minimum absolute atomic E-state index is 0.504. The van der Waals surface area contributed by atoms with Crippen molar-refractivity contribution < 1.29 is 0 Å². The molecule has 2 aromatic rings. The molecule has 0 aliphatic heterocycles. The second-order valence-corrected chi connectivity index (χ2v) is 5.17. The van der Waals surface area contributed by atoms with Crippen molar-refractivity contribution in [3.8, 4) is 0 Å². The fourth-order valence-electron chi connectivity index (χ4n) is 2.97. The molecule has 0 saturated heterocycles. The van der Waals surface area contributed by atoms with Crippen molar-refractivity contribution in [3.63, 3.8) is 0 Å². The highest BCUT2D eigenvalue weighted by atomic mass is 15.1. The molecule has 1 aromatic carbocycles. The van der Waals surface area contributed by atoms with Crippen LogP contribution in [0.5, 0.6) is 0 Å². The Kier molecular flexibility index (Phi) is 3.19. The topological polar surface area (TPSA) is 66.7 Å². The molecule has 1 aliphatic rings. The van der Waals surface area contributed by atoms with E-state index in [0.29, 0.717) is 12.0 Å². The minimum Gasteiger partial charge on any atom is -0.381 e. The van der Waals surface area contributed by atoms with E-state index in [4.69, 9.17) is 5.73 Å². The maximum Gasteiger partial charge on any atom is 0.0671 e. The lowest BCUT2D eigenvalue weighted by Crippen LogP contribution is -2.36. The van der Waals surface area contributed by atoms with Crippen molar-refractivity contribution in [2.45, 2.75) is 31.7 Å². The molecule has 2 atom stereocenters. The molecule has 0 spiro atoms. The van der Waals surface area contributed by atoms with Gasteiger partial charge in [0.25, 0.3) is 0 Å². The molecule has 18 heavy (non-hydrogen) atoms. The van der Waals surface area contributed by atoms with Crippen LogP contribution in [0.4, 0.5) is 5.69 Å². The highest BCUT2D eigenvalue weighted by Crippen LogP contribution is 2.29. The van der Waals surface area contributed by atoms with Crippen LogP contribution in [0.1, 0.15) is 25.7 Å². The van der Waals surface area contributed by atoms with Gasteiger partial charge in [-0.2, -0.15) is 5.10 Å². The van der Waals surface area contributed by atoms with Crippen LogP contribution < -0.4 is 11.1 Å². The van der Waals surface area contributed by atoms with Gasteiger partial charge in [0.05, 0.1) is 11.7 Å². The van der Waals surface area contributed by atoms with Crippen molar-refractivity contribution in [1.82, 2.24) is 10.2 Å². The molecule has 96 valence electrons. The van der Waals surface area contributed by atoms with Gasteiger partial charge in [0.15, 0.2) is 0 Å². The Balaban J connectivity index is 1.84. The molecule has 3 rings (SSSR count). The number of aromatic amines is 1. The number of aromatic nitrogens is 2. The molecule has 1 aromatic heterocycles. The number of nitrogens with one attached hydrogen (secondary N) is 2. The number of fused-ring (bicyclic) bond motifs is 1. The third-order valence-corrected chi connectivity index (χ3v) is 4.04.